The number of hydrogen-bond acceptors (Lipinski definition) is 7. The van der Waals surface area contributed by atoms with E-state index in [4.69, 9.17) is 4.74 Å². The lowest BCUT2D eigenvalue weighted by Gasteiger charge is -2.31. The van der Waals surface area contributed by atoms with E-state index in [0.29, 0.717) is 29.9 Å². The number of carbonyl (C=O) groups is 2. The fourth-order valence-corrected chi connectivity index (χ4v) is 5.47. The number of fused-ring (bicyclic) bond motifs is 1. The smallest absolute Gasteiger partial charge is 0.339 e. The topological polar surface area (TPSA) is 103 Å². The van der Waals surface area contributed by atoms with Crippen molar-refractivity contribution in [2.75, 3.05) is 13.1 Å². The number of thiazole rings is 1. The molecule has 2 aliphatic rings. The summed E-state index contributed by atoms with van der Waals surface area (Å²) in [5.74, 6) is -0.191. The third-order valence-corrected chi connectivity index (χ3v) is 7.24. The molecule has 1 saturated heterocycles. The Morgan fingerprint density at radius 2 is 1.82 bits per heavy atom. The first-order valence-electron chi connectivity index (χ1n) is 10.8. The van der Waals surface area contributed by atoms with Crippen molar-refractivity contribution in [3.63, 3.8) is 0 Å². The summed E-state index contributed by atoms with van der Waals surface area (Å²) < 4.78 is 5.41. The number of para-hydroxylation sites is 1. The number of piperidine rings is 1. The van der Waals surface area contributed by atoms with Gasteiger partial charge in [0.25, 0.3) is 5.69 Å². The predicted octanol–water partition coefficient (Wildman–Crippen LogP) is 4.73. The van der Waals surface area contributed by atoms with Gasteiger partial charge in [0.15, 0.2) is 0 Å². The summed E-state index contributed by atoms with van der Waals surface area (Å²) in [6.45, 7) is 1.21. The van der Waals surface area contributed by atoms with Crippen molar-refractivity contribution >= 4 is 28.9 Å². The van der Waals surface area contributed by atoms with Gasteiger partial charge in [-0.1, -0.05) is 30.3 Å². The van der Waals surface area contributed by atoms with Crippen LogP contribution in [0, 0.1) is 10.1 Å². The molecule has 1 amide bonds. The number of cyclic esters (lactones) is 1. The Hall–Kier alpha value is -3.59. The molecule has 0 aliphatic carbocycles. The second-order valence-electron chi connectivity index (χ2n) is 8.19. The fraction of sp³-hybridized carbons (Fsp3) is 0.292. The van der Waals surface area contributed by atoms with Crippen molar-refractivity contribution in [2.24, 2.45) is 0 Å². The van der Waals surface area contributed by atoms with Crippen LogP contribution in [0.5, 0.6) is 0 Å². The van der Waals surface area contributed by atoms with Crippen molar-refractivity contribution in [2.45, 2.75) is 31.3 Å². The summed E-state index contributed by atoms with van der Waals surface area (Å²) in [5.41, 5.74) is 2.48. The molecule has 0 bridgehead atoms. The van der Waals surface area contributed by atoms with Crippen molar-refractivity contribution in [1.29, 1.82) is 0 Å². The van der Waals surface area contributed by atoms with E-state index in [1.807, 2.05) is 22.4 Å². The van der Waals surface area contributed by atoms with E-state index in [1.54, 1.807) is 30.3 Å². The highest BCUT2D eigenvalue weighted by atomic mass is 32.1. The Kier molecular flexibility index (Phi) is 5.63. The fourth-order valence-electron chi connectivity index (χ4n) is 4.48. The predicted molar refractivity (Wildman–Crippen MR) is 122 cm³/mol. The quantitative estimate of drug-likeness (QED) is 0.308. The van der Waals surface area contributed by atoms with E-state index in [9.17, 15) is 19.7 Å². The minimum atomic E-state index is -0.526. The van der Waals surface area contributed by atoms with Crippen LogP contribution in [0.4, 0.5) is 5.69 Å². The normalized spacial score (nSPS) is 18.1. The van der Waals surface area contributed by atoms with E-state index in [2.05, 4.69) is 4.98 Å². The van der Waals surface area contributed by atoms with Crippen molar-refractivity contribution < 1.29 is 19.2 Å². The molecule has 1 unspecified atom stereocenters. The maximum atomic E-state index is 12.9. The third kappa shape index (κ3) is 4.11. The molecule has 3 heterocycles. The minimum absolute atomic E-state index is 0.0253. The molecule has 1 fully saturated rings. The van der Waals surface area contributed by atoms with Crippen LogP contribution >= 0.6 is 11.3 Å². The van der Waals surface area contributed by atoms with Crippen molar-refractivity contribution in [3.05, 3.63) is 80.2 Å². The molecule has 5 rings (SSSR count). The van der Waals surface area contributed by atoms with Crippen LogP contribution in [0.25, 0.3) is 11.3 Å². The lowest BCUT2D eigenvalue weighted by Crippen LogP contribution is -2.38. The highest BCUT2D eigenvalue weighted by Crippen LogP contribution is 2.37. The second-order valence-corrected chi connectivity index (χ2v) is 9.08. The Morgan fingerprint density at radius 3 is 2.58 bits per heavy atom. The van der Waals surface area contributed by atoms with Crippen LogP contribution in [0.2, 0.25) is 0 Å². The molecule has 1 atom stereocenters. The molecule has 1 aromatic heterocycles. The highest BCUT2D eigenvalue weighted by molar-refractivity contribution is 7.10. The number of esters is 1. The van der Waals surface area contributed by atoms with Gasteiger partial charge < -0.3 is 9.64 Å². The number of benzene rings is 2. The Bertz CT molecular complexity index is 1230. The van der Waals surface area contributed by atoms with Gasteiger partial charge in [0, 0.05) is 36.0 Å². The Morgan fingerprint density at radius 1 is 1.12 bits per heavy atom. The first-order valence-corrected chi connectivity index (χ1v) is 11.7. The van der Waals surface area contributed by atoms with Crippen LogP contribution in [-0.2, 0) is 9.53 Å². The summed E-state index contributed by atoms with van der Waals surface area (Å²) in [6, 6.07) is 13.8. The average molecular weight is 464 g/mol. The van der Waals surface area contributed by atoms with Crippen LogP contribution in [0.3, 0.4) is 0 Å². The summed E-state index contributed by atoms with van der Waals surface area (Å²) in [7, 11) is 0. The van der Waals surface area contributed by atoms with Gasteiger partial charge in [-0.2, -0.15) is 0 Å². The largest absolute Gasteiger partial charge is 0.453 e. The number of carbonyl (C=O) groups excluding carboxylic acids is 2. The molecule has 3 aromatic rings. The van der Waals surface area contributed by atoms with E-state index >= 15 is 0 Å². The molecule has 8 nitrogen and oxygen atoms in total. The Labute approximate surface area is 194 Å². The number of likely N-dealkylation sites (tertiary alicyclic amines) is 1. The van der Waals surface area contributed by atoms with Crippen molar-refractivity contribution in [1.82, 2.24) is 9.88 Å². The molecule has 0 saturated carbocycles. The maximum Gasteiger partial charge on any atom is 0.339 e. The lowest BCUT2D eigenvalue weighted by atomic mass is 9.96. The summed E-state index contributed by atoms with van der Waals surface area (Å²) in [5, 5.41) is 14.1. The van der Waals surface area contributed by atoms with Crippen LogP contribution < -0.4 is 0 Å². The Balaban J connectivity index is 1.21. The minimum Gasteiger partial charge on any atom is -0.453 e. The molecule has 168 valence electrons. The van der Waals surface area contributed by atoms with E-state index < -0.39 is 11.0 Å². The number of hydrogen-bond donors (Lipinski definition) is 0. The standard InChI is InChI=1S/C24H21N3O5S/c28-22(13-21-16-5-1-2-6-17(16)24(29)32-21)26-11-9-15(10-12-26)23-25-19(14-33-23)18-7-3-4-8-20(18)27(30)31/h1-8,14-15,21H,9-13H2. The monoisotopic (exact) mass is 463 g/mol. The number of nitro groups is 1. The molecule has 0 spiro atoms. The number of aromatic nitrogens is 1. The van der Waals surface area contributed by atoms with Gasteiger partial charge in [0.1, 0.15) is 6.10 Å². The third-order valence-electron chi connectivity index (χ3n) is 6.23. The maximum absolute atomic E-state index is 12.9. The molecular formula is C24H21N3O5S. The average Bonchev–Trinajstić information content (AvgIpc) is 3.45. The summed E-state index contributed by atoms with van der Waals surface area (Å²) in [6.07, 6.45) is 1.17. The number of ether oxygens (including phenoxy) is 1. The van der Waals surface area contributed by atoms with Gasteiger partial charge in [-0.15, -0.1) is 11.3 Å². The number of rotatable bonds is 5. The van der Waals surface area contributed by atoms with Gasteiger partial charge in [0.2, 0.25) is 5.91 Å². The lowest BCUT2D eigenvalue weighted by molar-refractivity contribution is -0.384. The highest BCUT2D eigenvalue weighted by Gasteiger charge is 2.34. The van der Waals surface area contributed by atoms with Gasteiger partial charge in [-0.05, 0) is 25.0 Å². The molecule has 2 aromatic carbocycles. The van der Waals surface area contributed by atoms with Gasteiger partial charge in [-0.3, -0.25) is 14.9 Å². The molecule has 2 aliphatic heterocycles. The first-order chi connectivity index (χ1) is 16.0. The van der Waals surface area contributed by atoms with Gasteiger partial charge in [0.05, 0.1) is 33.2 Å². The van der Waals surface area contributed by atoms with Crippen LogP contribution in [0.15, 0.2) is 53.9 Å². The first kappa shape index (κ1) is 21.3. The summed E-state index contributed by atoms with van der Waals surface area (Å²) in [4.78, 5) is 42.3. The SMILES string of the molecule is O=C1OC(CC(=O)N2CCC(c3nc(-c4ccccc4[N+](=O)[O-])cs3)CC2)c2ccccc21. The zero-order valence-electron chi connectivity index (χ0n) is 17.7. The zero-order valence-corrected chi connectivity index (χ0v) is 18.5. The number of nitrogens with zero attached hydrogens (tertiary/aromatic N) is 3. The van der Waals surface area contributed by atoms with Crippen LogP contribution in [-0.4, -0.2) is 39.8 Å². The molecule has 9 heteroatoms. The molecule has 0 N–H and O–H groups in total. The van der Waals surface area contributed by atoms with Crippen LogP contribution in [0.1, 0.15) is 52.2 Å². The number of amides is 1. The van der Waals surface area contributed by atoms with E-state index in [1.165, 1.54) is 17.4 Å². The van der Waals surface area contributed by atoms with Gasteiger partial charge >= 0.3 is 5.97 Å². The van der Waals surface area contributed by atoms with E-state index in [-0.39, 0.29) is 29.9 Å². The molecule has 33 heavy (non-hydrogen) atoms. The molecular weight excluding hydrogens is 442 g/mol. The zero-order chi connectivity index (χ0) is 22.9. The number of nitro benzene ring substituents is 1. The van der Waals surface area contributed by atoms with E-state index in [0.717, 1.165) is 23.4 Å². The molecule has 0 radical (unpaired) electrons. The second kappa shape index (κ2) is 8.74. The summed E-state index contributed by atoms with van der Waals surface area (Å²) >= 11 is 1.50. The van der Waals surface area contributed by atoms with Gasteiger partial charge in [-0.25, -0.2) is 9.78 Å². The van der Waals surface area contributed by atoms with Crippen molar-refractivity contribution in [3.8, 4) is 11.3 Å².